The Bertz CT molecular complexity index is 1180. The van der Waals surface area contributed by atoms with Gasteiger partial charge in [0.15, 0.2) is 0 Å². The van der Waals surface area contributed by atoms with E-state index >= 15 is 0 Å². The van der Waals surface area contributed by atoms with Crippen LogP contribution in [-0.4, -0.2) is 9.97 Å². The van der Waals surface area contributed by atoms with Crippen LogP contribution in [0.3, 0.4) is 0 Å². The van der Waals surface area contributed by atoms with E-state index < -0.39 is 0 Å². The first-order valence-corrected chi connectivity index (χ1v) is 12.1. The first-order chi connectivity index (χ1) is 16.7. The minimum atomic E-state index is 0.854. The lowest BCUT2D eigenvalue weighted by atomic mass is 10.1. The number of hydrogen-bond donors (Lipinski definition) is 0. The van der Waals surface area contributed by atoms with Crippen LogP contribution < -0.4 is 4.90 Å². The van der Waals surface area contributed by atoms with E-state index in [2.05, 4.69) is 55.3 Å². The van der Waals surface area contributed by atoms with Crippen molar-refractivity contribution < 1.29 is 0 Å². The van der Waals surface area contributed by atoms with E-state index in [1.165, 1.54) is 0 Å². The maximum absolute atomic E-state index is 4.84. The highest BCUT2D eigenvalue weighted by molar-refractivity contribution is 5.88. The first-order valence-electron chi connectivity index (χ1n) is 12.1. The van der Waals surface area contributed by atoms with Gasteiger partial charge in [-0.1, -0.05) is 84.2 Å². The number of benzene rings is 2. The normalized spacial score (nSPS) is 11.7. The highest BCUT2D eigenvalue weighted by atomic mass is 15.2. The maximum atomic E-state index is 4.84. The fourth-order valence-corrected chi connectivity index (χ4v) is 3.26. The van der Waals surface area contributed by atoms with Crippen molar-refractivity contribution in [1.82, 2.24) is 9.97 Å². The number of aromatic nitrogens is 2. The van der Waals surface area contributed by atoms with Gasteiger partial charge in [-0.25, -0.2) is 9.97 Å². The van der Waals surface area contributed by atoms with Gasteiger partial charge >= 0.3 is 0 Å². The molecule has 0 bridgehead atoms. The zero-order chi connectivity index (χ0) is 25.3. The second kappa shape index (κ2) is 16.0. The molecule has 3 aromatic rings. The smallest absolute Gasteiger partial charge is 0.0915 e. The van der Waals surface area contributed by atoms with Gasteiger partial charge in [-0.3, -0.25) is 0 Å². The Morgan fingerprint density at radius 1 is 0.794 bits per heavy atom. The summed E-state index contributed by atoms with van der Waals surface area (Å²) in [5.74, 6) is 0. The third kappa shape index (κ3) is 7.41. The van der Waals surface area contributed by atoms with E-state index in [1.807, 2.05) is 83.2 Å². The van der Waals surface area contributed by atoms with E-state index in [0.29, 0.717) is 0 Å². The van der Waals surface area contributed by atoms with Crippen LogP contribution in [0, 0.1) is 0 Å². The molecule has 3 rings (SSSR count). The molecule has 1 aromatic heterocycles. The molecule has 0 aliphatic carbocycles. The van der Waals surface area contributed by atoms with E-state index in [4.69, 9.17) is 9.97 Å². The Labute approximate surface area is 206 Å². The van der Waals surface area contributed by atoms with Crippen LogP contribution in [0.5, 0.6) is 0 Å². The van der Waals surface area contributed by atoms with Crippen molar-refractivity contribution in [2.75, 3.05) is 4.90 Å². The Morgan fingerprint density at radius 2 is 1.32 bits per heavy atom. The number of anilines is 1. The quantitative estimate of drug-likeness (QED) is 0.251. The number of nitrogens with zero attached hydrogens (tertiary/aromatic N) is 3. The van der Waals surface area contributed by atoms with Gasteiger partial charge in [-0.05, 0) is 68.0 Å². The lowest BCUT2D eigenvalue weighted by Gasteiger charge is -2.27. The van der Waals surface area contributed by atoms with Crippen molar-refractivity contribution in [1.29, 1.82) is 0 Å². The molecule has 0 saturated carbocycles. The predicted molar refractivity (Wildman–Crippen MR) is 153 cm³/mol. The lowest BCUT2D eigenvalue weighted by Crippen LogP contribution is -2.20. The number of para-hydroxylation sites is 2. The Balaban J connectivity index is 0.00000137. The molecule has 0 atom stereocenters. The van der Waals surface area contributed by atoms with Crippen LogP contribution in [0.15, 0.2) is 116 Å². The molecular formula is C31H39N3. The maximum Gasteiger partial charge on any atom is 0.0915 e. The standard InChI is InChI=1S/C27H27N3.2C2H6/c1-5-9-15-22(14-8-4)30(21(12-6-2)13-7-3)23-18-19-26-27(20-23)29-25-17-11-10-16-24(25)28-26;2*1-2/h6-20H,2,4-5H2,1,3H3;2*1-2H3/b13-7-,15-9-,21-12+,22-14+;;. The van der Waals surface area contributed by atoms with Crippen molar-refractivity contribution >= 4 is 27.8 Å². The van der Waals surface area contributed by atoms with Gasteiger partial charge in [0.05, 0.1) is 22.1 Å². The largest absolute Gasteiger partial charge is 0.310 e. The number of rotatable bonds is 8. The number of allylic oxidation sites excluding steroid dienone is 8. The molecule has 1 heterocycles. The first kappa shape index (κ1) is 28.3. The summed E-state index contributed by atoms with van der Waals surface area (Å²) < 4.78 is 0. The van der Waals surface area contributed by atoms with Crippen LogP contribution in [0.1, 0.15) is 48.0 Å². The summed E-state index contributed by atoms with van der Waals surface area (Å²) in [4.78, 5) is 11.8. The Kier molecular flexibility index (Phi) is 13.3. The van der Waals surface area contributed by atoms with Gasteiger partial charge in [0.25, 0.3) is 0 Å². The summed E-state index contributed by atoms with van der Waals surface area (Å²) in [7, 11) is 0. The Hall–Kier alpha value is -3.72. The third-order valence-corrected chi connectivity index (χ3v) is 4.54. The summed E-state index contributed by atoms with van der Waals surface area (Å²) in [6.07, 6.45) is 16.9. The van der Waals surface area contributed by atoms with Gasteiger partial charge in [-0.15, -0.1) is 0 Å². The average Bonchev–Trinajstić information content (AvgIpc) is 2.88. The van der Waals surface area contributed by atoms with Crippen molar-refractivity contribution in [3.8, 4) is 0 Å². The molecule has 0 spiro atoms. The van der Waals surface area contributed by atoms with Crippen LogP contribution in [0.25, 0.3) is 22.1 Å². The van der Waals surface area contributed by atoms with E-state index in [1.54, 1.807) is 12.2 Å². The topological polar surface area (TPSA) is 29.0 Å². The molecule has 0 amide bonds. The molecule has 0 unspecified atom stereocenters. The Morgan fingerprint density at radius 3 is 1.85 bits per heavy atom. The van der Waals surface area contributed by atoms with E-state index in [-0.39, 0.29) is 0 Å². The highest BCUT2D eigenvalue weighted by Crippen LogP contribution is 2.29. The molecule has 0 aliphatic rings. The molecule has 178 valence electrons. The number of fused-ring (bicyclic) bond motifs is 2. The minimum absolute atomic E-state index is 0.854. The second-order valence-corrected chi connectivity index (χ2v) is 6.69. The molecule has 3 nitrogen and oxygen atoms in total. The molecule has 0 aliphatic heterocycles. The summed E-state index contributed by atoms with van der Waals surface area (Å²) in [6, 6.07) is 14.1. The van der Waals surface area contributed by atoms with Crippen LogP contribution >= 0.6 is 0 Å². The molecule has 34 heavy (non-hydrogen) atoms. The van der Waals surface area contributed by atoms with Gasteiger partial charge in [0.2, 0.25) is 0 Å². The van der Waals surface area contributed by atoms with Gasteiger partial charge in [0, 0.05) is 17.1 Å². The summed E-state index contributed by atoms with van der Waals surface area (Å²) in [5.41, 5.74) is 6.50. The van der Waals surface area contributed by atoms with E-state index in [9.17, 15) is 0 Å². The molecule has 0 fully saturated rings. The lowest BCUT2D eigenvalue weighted by molar-refractivity contribution is 1.13. The van der Waals surface area contributed by atoms with Gasteiger partial charge in [0.1, 0.15) is 0 Å². The SMILES string of the molecule is C=C/C=C(\C=C/C)N(C(/C=C\CC)=C/C=C)c1ccc2nc3ccccc3nc2c1.CC.CC. The summed E-state index contributed by atoms with van der Waals surface area (Å²) in [5, 5.41) is 0. The van der Waals surface area contributed by atoms with Crippen molar-refractivity contribution in [3.05, 3.63) is 116 Å². The predicted octanol–water partition coefficient (Wildman–Crippen LogP) is 9.32. The highest BCUT2D eigenvalue weighted by Gasteiger charge is 2.14. The fourth-order valence-electron chi connectivity index (χ4n) is 3.26. The monoisotopic (exact) mass is 453 g/mol. The zero-order valence-electron chi connectivity index (χ0n) is 21.6. The molecule has 0 radical (unpaired) electrons. The zero-order valence-corrected chi connectivity index (χ0v) is 21.6. The third-order valence-electron chi connectivity index (χ3n) is 4.54. The summed E-state index contributed by atoms with van der Waals surface area (Å²) in [6.45, 7) is 19.9. The van der Waals surface area contributed by atoms with Crippen molar-refractivity contribution in [2.24, 2.45) is 0 Å². The van der Waals surface area contributed by atoms with Crippen molar-refractivity contribution in [3.63, 3.8) is 0 Å². The minimum Gasteiger partial charge on any atom is -0.310 e. The van der Waals surface area contributed by atoms with Crippen LogP contribution in [0.2, 0.25) is 0 Å². The second-order valence-electron chi connectivity index (χ2n) is 6.69. The van der Waals surface area contributed by atoms with Gasteiger partial charge in [-0.2, -0.15) is 0 Å². The molecule has 2 aromatic carbocycles. The molecule has 0 N–H and O–H groups in total. The molecular weight excluding hydrogens is 414 g/mol. The number of hydrogen-bond acceptors (Lipinski definition) is 3. The summed E-state index contributed by atoms with van der Waals surface area (Å²) >= 11 is 0. The average molecular weight is 454 g/mol. The van der Waals surface area contributed by atoms with Crippen LogP contribution in [-0.2, 0) is 0 Å². The van der Waals surface area contributed by atoms with E-state index in [0.717, 1.165) is 45.6 Å². The van der Waals surface area contributed by atoms with Crippen molar-refractivity contribution in [2.45, 2.75) is 48.0 Å². The molecule has 0 saturated heterocycles. The fraction of sp³-hybridized carbons (Fsp3) is 0.226. The molecule has 3 heteroatoms. The van der Waals surface area contributed by atoms with Crippen LogP contribution in [0.4, 0.5) is 5.69 Å². The van der Waals surface area contributed by atoms with Gasteiger partial charge < -0.3 is 4.90 Å².